The number of aromatic nitrogens is 5. The van der Waals surface area contributed by atoms with Crippen molar-refractivity contribution in [2.45, 2.75) is 51.6 Å². The van der Waals surface area contributed by atoms with Crippen LogP contribution in [0.2, 0.25) is 5.02 Å². The van der Waals surface area contributed by atoms with E-state index in [1.54, 1.807) is 19.5 Å². The number of methoxy groups -OCH3 is 1. The molecule has 3 heterocycles. The van der Waals surface area contributed by atoms with Crippen LogP contribution in [0, 0.1) is 13.8 Å². The Hall–Kier alpha value is -2.59. The summed E-state index contributed by atoms with van der Waals surface area (Å²) < 4.78 is 15.5. The highest BCUT2D eigenvalue weighted by molar-refractivity contribution is 7.92. The highest BCUT2D eigenvalue weighted by atomic mass is 35.5. The van der Waals surface area contributed by atoms with Gasteiger partial charge in [0.25, 0.3) is 0 Å². The van der Waals surface area contributed by atoms with E-state index in [2.05, 4.69) is 37.0 Å². The van der Waals surface area contributed by atoms with Crippen LogP contribution in [0.25, 0.3) is 10.9 Å². The Kier molecular flexibility index (Phi) is 7.38. The van der Waals surface area contributed by atoms with Crippen LogP contribution >= 0.6 is 11.6 Å². The standard InChI is InChI=1S/C27H35ClN5O3S/c1-16-29-13-22(32(16)6)27(34,23-14-30-17(2)33(23)7)18-10-11-21-19(12-18)24(28)20(25(31-21)35-8)15-36-37(9)26(3,4)5/h10-14,34H,15H2,1-9H3/q+1. The van der Waals surface area contributed by atoms with Gasteiger partial charge >= 0.3 is 0 Å². The zero-order chi connectivity index (χ0) is 27.3. The Morgan fingerprint density at radius 1 is 1.03 bits per heavy atom. The molecule has 37 heavy (non-hydrogen) atoms. The molecule has 1 unspecified atom stereocenters. The van der Waals surface area contributed by atoms with Gasteiger partial charge in [-0.2, -0.15) is 4.18 Å². The van der Waals surface area contributed by atoms with Gasteiger partial charge in [0.15, 0.2) is 10.3 Å². The first kappa shape index (κ1) is 27.4. The summed E-state index contributed by atoms with van der Waals surface area (Å²) in [6.45, 7) is 10.5. The molecule has 1 aromatic carbocycles. The van der Waals surface area contributed by atoms with Crippen LogP contribution in [0.4, 0.5) is 0 Å². The molecule has 198 valence electrons. The van der Waals surface area contributed by atoms with Gasteiger partial charge in [0, 0.05) is 19.5 Å². The third-order valence-electron chi connectivity index (χ3n) is 7.01. The molecule has 0 bridgehead atoms. The molecule has 0 aliphatic heterocycles. The third kappa shape index (κ3) is 4.74. The normalized spacial score (nSPS) is 13.4. The van der Waals surface area contributed by atoms with Crippen LogP contribution in [-0.4, -0.2) is 47.3 Å². The van der Waals surface area contributed by atoms with Crippen molar-refractivity contribution in [1.29, 1.82) is 0 Å². The Morgan fingerprint density at radius 3 is 2.05 bits per heavy atom. The van der Waals surface area contributed by atoms with Crippen LogP contribution in [0.5, 0.6) is 5.88 Å². The molecule has 0 amide bonds. The molecule has 3 aromatic heterocycles. The van der Waals surface area contributed by atoms with Gasteiger partial charge in [-0.3, -0.25) is 0 Å². The summed E-state index contributed by atoms with van der Waals surface area (Å²) in [7, 11) is 5.35. The molecule has 4 rings (SSSR count). The van der Waals surface area contributed by atoms with Crippen molar-refractivity contribution in [3.63, 3.8) is 0 Å². The van der Waals surface area contributed by atoms with E-state index in [1.165, 1.54) is 0 Å². The summed E-state index contributed by atoms with van der Waals surface area (Å²) >= 11 is 6.68. The van der Waals surface area contributed by atoms with E-state index in [0.717, 1.165) is 11.6 Å². The molecule has 8 nitrogen and oxygen atoms in total. The second-order valence-electron chi connectivity index (χ2n) is 10.2. The molecule has 4 aromatic rings. The molecule has 0 spiro atoms. The number of hydrogen-bond donors (Lipinski definition) is 1. The van der Waals surface area contributed by atoms with Gasteiger partial charge in [-0.25, -0.2) is 15.0 Å². The zero-order valence-electron chi connectivity index (χ0n) is 22.9. The first-order valence-electron chi connectivity index (χ1n) is 12.0. The Labute approximate surface area is 226 Å². The molecule has 1 atom stereocenters. The lowest BCUT2D eigenvalue weighted by Gasteiger charge is -2.30. The number of hydrogen-bond acceptors (Lipinski definition) is 6. The number of nitrogens with zero attached hydrogens (tertiary/aromatic N) is 5. The van der Waals surface area contributed by atoms with E-state index in [9.17, 15) is 5.11 Å². The van der Waals surface area contributed by atoms with Crippen molar-refractivity contribution in [2.24, 2.45) is 14.1 Å². The van der Waals surface area contributed by atoms with Crippen molar-refractivity contribution in [3.8, 4) is 5.88 Å². The third-order valence-corrected chi connectivity index (χ3v) is 9.64. The van der Waals surface area contributed by atoms with E-state index in [1.807, 2.05) is 55.3 Å². The summed E-state index contributed by atoms with van der Waals surface area (Å²) in [6.07, 6.45) is 5.46. The predicted octanol–water partition coefficient (Wildman–Crippen LogP) is 4.74. The first-order valence-corrected chi connectivity index (χ1v) is 13.9. The fourth-order valence-electron chi connectivity index (χ4n) is 4.19. The monoisotopic (exact) mass is 544 g/mol. The number of fused-ring (bicyclic) bond motifs is 1. The van der Waals surface area contributed by atoms with Crippen molar-refractivity contribution >= 4 is 33.7 Å². The summed E-state index contributed by atoms with van der Waals surface area (Å²) in [5.41, 5.74) is 1.65. The van der Waals surface area contributed by atoms with Gasteiger partial charge in [0.05, 0.1) is 47.0 Å². The van der Waals surface area contributed by atoms with Crippen molar-refractivity contribution < 1.29 is 14.0 Å². The molecule has 0 aliphatic rings. The number of aryl methyl sites for hydroxylation is 2. The molecular weight excluding hydrogens is 510 g/mol. The minimum Gasteiger partial charge on any atom is -0.481 e. The van der Waals surface area contributed by atoms with Gasteiger partial charge in [-0.15, -0.1) is 0 Å². The molecular formula is C27H35ClN5O3S+. The van der Waals surface area contributed by atoms with Crippen LogP contribution in [0.3, 0.4) is 0 Å². The van der Waals surface area contributed by atoms with E-state index >= 15 is 0 Å². The fourth-order valence-corrected chi connectivity index (χ4v) is 5.12. The van der Waals surface area contributed by atoms with Crippen molar-refractivity contribution in [1.82, 2.24) is 24.1 Å². The lowest BCUT2D eigenvalue weighted by Crippen LogP contribution is -2.33. The van der Waals surface area contributed by atoms with Crippen molar-refractivity contribution in [3.05, 3.63) is 69.8 Å². The number of aliphatic hydroxyl groups is 1. The van der Waals surface area contributed by atoms with Gasteiger partial charge in [0.1, 0.15) is 35.7 Å². The molecule has 0 fully saturated rings. The molecule has 0 radical (unpaired) electrons. The number of rotatable bonds is 7. The van der Waals surface area contributed by atoms with E-state index < -0.39 is 5.60 Å². The molecule has 0 saturated carbocycles. The number of halogens is 1. The second-order valence-corrected chi connectivity index (χ2v) is 12.9. The lowest BCUT2D eigenvalue weighted by molar-refractivity contribution is 0.109. The van der Waals surface area contributed by atoms with Crippen LogP contribution in [0.15, 0.2) is 30.6 Å². The average Bonchev–Trinajstić information content (AvgIpc) is 3.37. The average molecular weight is 545 g/mol. The summed E-state index contributed by atoms with van der Waals surface area (Å²) in [4.78, 5) is 13.6. The fraction of sp³-hybridized carbons (Fsp3) is 0.444. The van der Waals surface area contributed by atoms with Gasteiger partial charge in [-0.1, -0.05) is 17.7 Å². The minimum atomic E-state index is -1.54. The highest BCUT2D eigenvalue weighted by Crippen LogP contribution is 2.41. The topological polar surface area (TPSA) is 87.2 Å². The minimum absolute atomic E-state index is 0.00385. The molecule has 0 saturated heterocycles. The van der Waals surface area contributed by atoms with E-state index in [-0.39, 0.29) is 22.5 Å². The lowest BCUT2D eigenvalue weighted by atomic mass is 9.86. The van der Waals surface area contributed by atoms with E-state index in [0.29, 0.717) is 44.3 Å². The quantitative estimate of drug-likeness (QED) is 0.338. The maximum Gasteiger partial charge on any atom is 0.220 e. The summed E-state index contributed by atoms with van der Waals surface area (Å²) in [5.74, 6) is 1.99. The maximum absolute atomic E-state index is 12.5. The largest absolute Gasteiger partial charge is 0.481 e. The Balaban J connectivity index is 1.92. The van der Waals surface area contributed by atoms with Gasteiger partial charge in [0.2, 0.25) is 5.88 Å². The number of imidazole rings is 2. The zero-order valence-corrected chi connectivity index (χ0v) is 24.5. The number of ether oxygens (including phenoxy) is 1. The van der Waals surface area contributed by atoms with Crippen molar-refractivity contribution in [2.75, 3.05) is 13.4 Å². The predicted molar refractivity (Wildman–Crippen MR) is 149 cm³/mol. The summed E-state index contributed by atoms with van der Waals surface area (Å²) in [6, 6.07) is 5.59. The molecule has 1 N–H and O–H groups in total. The first-order chi connectivity index (χ1) is 17.3. The Bertz CT molecular complexity index is 1410. The molecule has 10 heteroatoms. The number of pyridine rings is 1. The maximum atomic E-state index is 12.5. The van der Waals surface area contributed by atoms with Crippen LogP contribution in [0.1, 0.15) is 54.9 Å². The number of benzene rings is 1. The summed E-state index contributed by atoms with van der Waals surface area (Å²) in [5, 5.41) is 13.6. The smallest absolute Gasteiger partial charge is 0.220 e. The van der Waals surface area contributed by atoms with Crippen LogP contribution in [-0.2, 0) is 41.7 Å². The highest BCUT2D eigenvalue weighted by Gasteiger charge is 2.40. The Morgan fingerprint density at radius 2 is 1.59 bits per heavy atom. The van der Waals surface area contributed by atoms with Gasteiger partial charge < -0.3 is 19.0 Å². The second kappa shape index (κ2) is 9.94. The van der Waals surface area contributed by atoms with Gasteiger partial charge in [-0.05, 0) is 52.3 Å². The SMILES string of the molecule is COc1nc2ccc(C(O)(c3cnc(C)n3C)c3cnc(C)n3C)cc2c(Cl)c1CO[S+](C)C(C)(C)C. The van der Waals surface area contributed by atoms with Crippen LogP contribution < -0.4 is 4.74 Å². The molecule has 0 aliphatic carbocycles. The van der Waals surface area contributed by atoms with E-state index in [4.69, 9.17) is 25.5 Å².